The zero-order valence-electron chi connectivity index (χ0n) is 16.0. The van der Waals surface area contributed by atoms with Crippen LogP contribution < -0.4 is 0 Å². The molecule has 0 aliphatic carbocycles. The van der Waals surface area contributed by atoms with Gasteiger partial charge in [-0.25, -0.2) is 4.79 Å². The SMILES string of the molecule is O=C(O)/C=C\C(COCc1ccccc1)N=C(c1ccccc1)c1ccccc1. The van der Waals surface area contributed by atoms with Crippen LogP contribution in [0.2, 0.25) is 0 Å². The Morgan fingerprint density at radius 1 is 0.862 bits per heavy atom. The number of aliphatic carboxylic acids is 1. The van der Waals surface area contributed by atoms with Crippen molar-refractivity contribution in [3.8, 4) is 0 Å². The summed E-state index contributed by atoms with van der Waals surface area (Å²) in [5.41, 5.74) is 3.80. The second-order valence-electron chi connectivity index (χ2n) is 6.48. The first-order chi connectivity index (χ1) is 14.2. The summed E-state index contributed by atoms with van der Waals surface area (Å²) < 4.78 is 5.84. The van der Waals surface area contributed by atoms with Gasteiger partial charge in [0.15, 0.2) is 0 Å². The van der Waals surface area contributed by atoms with Crippen LogP contribution in [0.25, 0.3) is 0 Å². The number of ether oxygens (including phenoxy) is 1. The summed E-state index contributed by atoms with van der Waals surface area (Å²) in [4.78, 5) is 15.9. The Hall–Kier alpha value is -3.50. The van der Waals surface area contributed by atoms with E-state index >= 15 is 0 Å². The zero-order chi connectivity index (χ0) is 20.3. The highest BCUT2D eigenvalue weighted by Gasteiger charge is 2.11. The summed E-state index contributed by atoms with van der Waals surface area (Å²) in [6.45, 7) is 0.724. The Kier molecular flexibility index (Phi) is 7.49. The molecule has 146 valence electrons. The monoisotopic (exact) mass is 385 g/mol. The van der Waals surface area contributed by atoms with Gasteiger partial charge in [-0.3, -0.25) is 4.99 Å². The first-order valence-corrected chi connectivity index (χ1v) is 9.44. The molecule has 3 aromatic carbocycles. The largest absolute Gasteiger partial charge is 0.478 e. The topological polar surface area (TPSA) is 58.9 Å². The van der Waals surface area contributed by atoms with Gasteiger partial charge in [-0.15, -0.1) is 0 Å². The van der Waals surface area contributed by atoms with Crippen LogP contribution in [0.5, 0.6) is 0 Å². The van der Waals surface area contributed by atoms with E-state index in [1.54, 1.807) is 6.08 Å². The van der Waals surface area contributed by atoms with Gasteiger partial charge in [0.25, 0.3) is 0 Å². The molecule has 0 saturated carbocycles. The summed E-state index contributed by atoms with van der Waals surface area (Å²) in [7, 11) is 0. The van der Waals surface area contributed by atoms with Crippen LogP contribution in [0, 0.1) is 0 Å². The van der Waals surface area contributed by atoms with Crippen LogP contribution in [-0.4, -0.2) is 29.4 Å². The summed E-state index contributed by atoms with van der Waals surface area (Å²) in [5.74, 6) is -1.01. The van der Waals surface area contributed by atoms with Crippen molar-refractivity contribution in [2.75, 3.05) is 6.61 Å². The number of aliphatic imine (C=N–C) groups is 1. The molecular weight excluding hydrogens is 362 g/mol. The summed E-state index contributed by atoms with van der Waals surface area (Å²) >= 11 is 0. The van der Waals surface area contributed by atoms with Crippen molar-refractivity contribution in [1.82, 2.24) is 0 Å². The lowest BCUT2D eigenvalue weighted by Gasteiger charge is -2.14. The Balaban J connectivity index is 1.86. The first kappa shape index (κ1) is 20.2. The van der Waals surface area contributed by atoms with E-state index in [2.05, 4.69) is 0 Å². The number of nitrogens with zero attached hydrogens (tertiary/aromatic N) is 1. The van der Waals surface area contributed by atoms with Gasteiger partial charge in [0.05, 0.1) is 25.0 Å². The predicted octanol–water partition coefficient (Wildman–Crippen LogP) is 4.75. The number of carbonyl (C=O) groups is 1. The van der Waals surface area contributed by atoms with Gasteiger partial charge in [-0.2, -0.15) is 0 Å². The number of carboxylic acids is 1. The second-order valence-corrected chi connectivity index (χ2v) is 6.48. The molecule has 0 heterocycles. The molecule has 0 aliphatic rings. The Labute approximate surface area is 170 Å². The van der Waals surface area contributed by atoms with Crippen molar-refractivity contribution in [3.63, 3.8) is 0 Å². The fourth-order valence-corrected chi connectivity index (χ4v) is 2.87. The average Bonchev–Trinajstić information content (AvgIpc) is 2.77. The minimum atomic E-state index is -1.01. The Morgan fingerprint density at radius 2 is 1.38 bits per heavy atom. The van der Waals surface area contributed by atoms with Crippen LogP contribution >= 0.6 is 0 Å². The highest BCUT2D eigenvalue weighted by Crippen LogP contribution is 2.13. The van der Waals surface area contributed by atoms with E-state index in [-0.39, 0.29) is 6.61 Å². The van der Waals surface area contributed by atoms with Crippen molar-refractivity contribution in [3.05, 3.63) is 120 Å². The van der Waals surface area contributed by atoms with E-state index in [1.807, 2.05) is 91.0 Å². The molecule has 1 N–H and O–H groups in total. The fraction of sp³-hybridized carbons (Fsp3) is 0.120. The normalized spacial score (nSPS) is 11.9. The first-order valence-electron chi connectivity index (χ1n) is 9.44. The molecule has 4 nitrogen and oxygen atoms in total. The maximum atomic E-state index is 11.0. The smallest absolute Gasteiger partial charge is 0.328 e. The molecule has 0 spiro atoms. The van der Waals surface area contributed by atoms with E-state index in [9.17, 15) is 4.79 Å². The van der Waals surface area contributed by atoms with Crippen molar-refractivity contribution in [2.24, 2.45) is 4.99 Å². The molecule has 3 rings (SSSR count). The van der Waals surface area contributed by atoms with E-state index in [0.29, 0.717) is 6.61 Å². The zero-order valence-corrected chi connectivity index (χ0v) is 16.0. The van der Waals surface area contributed by atoms with E-state index in [4.69, 9.17) is 14.8 Å². The summed E-state index contributed by atoms with van der Waals surface area (Å²) in [6.07, 6.45) is 2.69. The van der Waals surface area contributed by atoms with Crippen LogP contribution in [-0.2, 0) is 16.1 Å². The second kappa shape index (κ2) is 10.7. The van der Waals surface area contributed by atoms with E-state index < -0.39 is 12.0 Å². The number of rotatable bonds is 9. The van der Waals surface area contributed by atoms with Crippen molar-refractivity contribution < 1.29 is 14.6 Å². The molecule has 3 aromatic rings. The van der Waals surface area contributed by atoms with Gasteiger partial charge >= 0.3 is 5.97 Å². The van der Waals surface area contributed by atoms with Gasteiger partial charge in [0.2, 0.25) is 0 Å². The quantitative estimate of drug-likeness (QED) is 0.427. The van der Waals surface area contributed by atoms with Crippen LogP contribution in [0.15, 0.2) is 108 Å². The average molecular weight is 385 g/mol. The van der Waals surface area contributed by atoms with Gasteiger partial charge in [-0.05, 0) is 5.56 Å². The molecule has 0 aliphatic heterocycles. The van der Waals surface area contributed by atoms with Crippen molar-refractivity contribution >= 4 is 11.7 Å². The molecule has 0 saturated heterocycles. The highest BCUT2D eigenvalue weighted by atomic mass is 16.5. The minimum absolute atomic E-state index is 0.280. The molecule has 0 amide bonds. The fourth-order valence-electron chi connectivity index (χ4n) is 2.87. The van der Waals surface area contributed by atoms with Crippen molar-refractivity contribution in [1.29, 1.82) is 0 Å². The van der Waals surface area contributed by atoms with Crippen LogP contribution in [0.3, 0.4) is 0 Å². The predicted molar refractivity (Wildman–Crippen MR) is 115 cm³/mol. The molecule has 0 fully saturated rings. The standard InChI is InChI=1S/C25H23NO3/c27-24(28)17-16-23(19-29-18-20-10-4-1-5-11-20)26-25(21-12-6-2-7-13-21)22-14-8-3-9-15-22/h1-17,23H,18-19H2,(H,27,28)/b17-16-. The molecular formula is C25H23NO3. The number of hydrogen-bond acceptors (Lipinski definition) is 3. The molecule has 0 aromatic heterocycles. The van der Waals surface area contributed by atoms with Crippen molar-refractivity contribution in [2.45, 2.75) is 12.6 Å². The van der Waals surface area contributed by atoms with E-state index in [1.165, 1.54) is 0 Å². The summed E-state index contributed by atoms with van der Waals surface area (Å²) in [6, 6.07) is 29.2. The number of benzene rings is 3. The van der Waals surface area contributed by atoms with Gasteiger partial charge in [0.1, 0.15) is 0 Å². The third kappa shape index (κ3) is 6.55. The minimum Gasteiger partial charge on any atom is -0.478 e. The van der Waals surface area contributed by atoms with Gasteiger partial charge in [0, 0.05) is 17.2 Å². The maximum absolute atomic E-state index is 11.0. The molecule has 4 heteroatoms. The number of hydrogen-bond donors (Lipinski definition) is 1. The van der Waals surface area contributed by atoms with E-state index in [0.717, 1.165) is 28.5 Å². The lowest BCUT2D eigenvalue weighted by molar-refractivity contribution is -0.131. The molecule has 29 heavy (non-hydrogen) atoms. The third-order valence-corrected chi connectivity index (χ3v) is 4.25. The molecule has 0 radical (unpaired) electrons. The number of carboxylic acid groups (broad SMARTS) is 1. The maximum Gasteiger partial charge on any atom is 0.328 e. The lowest BCUT2D eigenvalue weighted by atomic mass is 10.0. The van der Waals surface area contributed by atoms with Gasteiger partial charge < -0.3 is 9.84 Å². The molecule has 0 bridgehead atoms. The van der Waals surface area contributed by atoms with Crippen LogP contribution in [0.4, 0.5) is 0 Å². The Bertz CT molecular complexity index is 910. The molecule has 1 unspecified atom stereocenters. The van der Waals surface area contributed by atoms with Crippen LogP contribution in [0.1, 0.15) is 16.7 Å². The lowest BCUT2D eigenvalue weighted by Crippen LogP contribution is -2.16. The Morgan fingerprint density at radius 3 is 1.90 bits per heavy atom. The van der Waals surface area contributed by atoms with Gasteiger partial charge in [-0.1, -0.05) is 97.1 Å². The highest BCUT2D eigenvalue weighted by molar-refractivity contribution is 6.13. The third-order valence-electron chi connectivity index (χ3n) is 4.25. The molecule has 1 atom stereocenters. The summed E-state index contributed by atoms with van der Waals surface area (Å²) in [5, 5.41) is 9.06.